The molecule has 4 heteroatoms. The molecule has 0 amide bonds. The molecule has 0 spiro atoms. The van der Waals surface area contributed by atoms with Crippen LogP contribution in [0.1, 0.15) is 38.2 Å². The molecule has 3 atom stereocenters. The average Bonchev–Trinajstić information content (AvgIpc) is 2.53. The lowest BCUT2D eigenvalue weighted by molar-refractivity contribution is -0.523. The molecule has 2 aromatic rings. The highest BCUT2D eigenvalue weighted by molar-refractivity contribution is 5.83. The van der Waals surface area contributed by atoms with Gasteiger partial charge in [-0.1, -0.05) is 55.8 Å². The predicted molar refractivity (Wildman–Crippen MR) is 87.6 cm³/mol. The van der Waals surface area contributed by atoms with Gasteiger partial charge in [-0.3, -0.25) is 10.1 Å². The minimum absolute atomic E-state index is 0.286. The van der Waals surface area contributed by atoms with Gasteiger partial charge in [-0.25, -0.2) is 0 Å². The molecule has 0 saturated carbocycles. The van der Waals surface area contributed by atoms with Crippen LogP contribution in [0.3, 0.4) is 0 Å². The maximum atomic E-state index is 11.5. The van der Waals surface area contributed by atoms with Gasteiger partial charge in [-0.2, -0.15) is 0 Å². The molecule has 0 aliphatic heterocycles. The van der Waals surface area contributed by atoms with Gasteiger partial charge in [0.15, 0.2) is 0 Å². The number of benzene rings is 2. The van der Waals surface area contributed by atoms with Gasteiger partial charge in [0.25, 0.3) is 0 Å². The fraction of sp³-hybridized carbons (Fsp3) is 0.389. The minimum atomic E-state index is -0.789. The molecule has 0 unspecified atom stereocenters. The first-order valence-corrected chi connectivity index (χ1v) is 7.66. The van der Waals surface area contributed by atoms with Gasteiger partial charge in [0.1, 0.15) is 6.29 Å². The summed E-state index contributed by atoms with van der Waals surface area (Å²) >= 11 is 0. The molecule has 0 bridgehead atoms. The molecule has 2 rings (SSSR count). The number of rotatable bonds is 7. The average molecular weight is 299 g/mol. The first-order chi connectivity index (χ1) is 10.6. The molecule has 0 saturated heterocycles. The number of nitro groups is 1. The normalized spacial score (nSPS) is 15.2. The number of aldehydes is 1. The Kier molecular flexibility index (Phi) is 5.26. The highest BCUT2D eigenvalue weighted by Gasteiger charge is 2.34. The maximum absolute atomic E-state index is 11.5. The third-order valence-electron chi connectivity index (χ3n) is 4.27. The van der Waals surface area contributed by atoms with Crippen LogP contribution in [0.2, 0.25) is 0 Å². The number of nitrogens with zero attached hydrogens (tertiary/aromatic N) is 1. The lowest BCUT2D eigenvalue weighted by Crippen LogP contribution is -2.31. The number of carbonyl (C=O) groups is 1. The van der Waals surface area contributed by atoms with E-state index in [4.69, 9.17) is 0 Å². The van der Waals surface area contributed by atoms with E-state index in [0.29, 0.717) is 6.42 Å². The van der Waals surface area contributed by atoms with Gasteiger partial charge in [-0.15, -0.1) is 0 Å². The van der Waals surface area contributed by atoms with E-state index in [-0.39, 0.29) is 10.8 Å². The van der Waals surface area contributed by atoms with Crippen molar-refractivity contribution in [3.05, 3.63) is 58.1 Å². The van der Waals surface area contributed by atoms with Crippen LogP contribution in [0.25, 0.3) is 10.8 Å². The highest BCUT2D eigenvalue weighted by Crippen LogP contribution is 2.33. The largest absolute Gasteiger partial charge is 0.303 e. The molecular formula is C18H21NO3. The number of fused-ring (bicyclic) bond motifs is 1. The fourth-order valence-electron chi connectivity index (χ4n) is 3.10. The van der Waals surface area contributed by atoms with Gasteiger partial charge in [0.2, 0.25) is 6.04 Å². The molecule has 0 aliphatic carbocycles. The van der Waals surface area contributed by atoms with Crippen LogP contribution in [-0.2, 0) is 4.79 Å². The number of hydrogen-bond donors (Lipinski definition) is 0. The van der Waals surface area contributed by atoms with E-state index >= 15 is 0 Å². The summed E-state index contributed by atoms with van der Waals surface area (Å²) in [4.78, 5) is 22.5. The van der Waals surface area contributed by atoms with Crippen LogP contribution in [0.4, 0.5) is 0 Å². The molecule has 0 aromatic heterocycles. The third-order valence-corrected chi connectivity index (χ3v) is 4.27. The molecule has 4 nitrogen and oxygen atoms in total. The molecule has 116 valence electrons. The first-order valence-electron chi connectivity index (χ1n) is 7.66. The van der Waals surface area contributed by atoms with Gasteiger partial charge in [0, 0.05) is 17.8 Å². The van der Waals surface area contributed by atoms with Crippen LogP contribution in [-0.4, -0.2) is 17.3 Å². The summed E-state index contributed by atoms with van der Waals surface area (Å²) in [7, 11) is 0. The Balaban J connectivity index is 2.49. The molecule has 0 fully saturated rings. The number of carbonyl (C=O) groups excluding carboxylic acids is 1. The van der Waals surface area contributed by atoms with Crippen LogP contribution in [0.15, 0.2) is 42.5 Å². The van der Waals surface area contributed by atoms with Crippen molar-refractivity contribution in [2.75, 3.05) is 0 Å². The van der Waals surface area contributed by atoms with E-state index in [1.54, 1.807) is 6.92 Å². The summed E-state index contributed by atoms with van der Waals surface area (Å²) < 4.78 is 0. The van der Waals surface area contributed by atoms with E-state index in [0.717, 1.165) is 29.0 Å². The maximum Gasteiger partial charge on any atom is 0.217 e. The lowest BCUT2D eigenvalue weighted by atomic mass is 9.79. The lowest BCUT2D eigenvalue weighted by Gasteiger charge is -2.24. The van der Waals surface area contributed by atoms with Gasteiger partial charge >= 0.3 is 0 Å². The molecule has 0 aliphatic rings. The van der Waals surface area contributed by atoms with E-state index in [1.807, 2.05) is 49.4 Å². The van der Waals surface area contributed by atoms with Gasteiger partial charge in [-0.05, 0) is 22.8 Å². The van der Waals surface area contributed by atoms with E-state index in [1.165, 1.54) is 0 Å². The molecule has 0 radical (unpaired) electrons. The van der Waals surface area contributed by atoms with Crippen LogP contribution in [0.5, 0.6) is 0 Å². The van der Waals surface area contributed by atoms with Crippen molar-refractivity contribution in [2.45, 2.75) is 38.6 Å². The molecule has 0 heterocycles. The molecule has 2 aromatic carbocycles. The Morgan fingerprint density at radius 3 is 2.45 bits per heavy atom. The zero-order valence-electron chi connectivity index (χ0n) is 12.9. The van der Waals surface area contributed by atoms with Crippen molar-refractivity contribution in [3.8, 4) is 0 Å². The second-order valence-corrected chi connectivity index (χ2v) is 5.75. The topological polar surface area (TPSA) is 60.2 Å². The van der Waals surface area contributed by atoms with Crippen molar-refractivity contribution >= 4 is 17.1 Å². The Morgan fingerprint density at radius 2 is 1.86 bits per heavy atom. The Morgan fingerprint density at radius 1 is 1.18 bits per heavy atom. The first kappa shape index (κ1) is 16.1. The molecule has 22 heavy (non-hydrogen) atoms. The van der Waals surface area contributed by atoms with Gasteiger partial charge in [0.05, 0.1) is 5.92 Å². The van der Waals surface area contributed by atoms with Crippen molar-refractivity contribution in [1.82, 2.24) is 0 Å². The van der Waals surface area contributed by atoms with Crippen molar-refractivity contribution in [2.24, 2.45) is 5.92 Å². The van der Waals surface area contributed by atoms with Crippen LogP contribution < -0.4 is 0 Å². The Labute approximate surface area is 130 Å². The van der Waals surface area contributed by atoms with E-state index in [2.05, 4.69) is 0 Å². The quantitative estimate of drug-likeness (QED) is 0.437. The van der Waals surface area contributed by atoms with Gasteiger partial charge < -0.3 is 4.79 Å². The minimum Gasteiger partial charge on any atom is -0.303 e. The Hall–Kier alpha value is -2.23. The third kappa shape index (κ3) is 3.32. The summed E-state index contributed by atoms with van der Waals surface area (Å²) in [5.74, 6) is -0.719. The van der Waals surface area contributed by atoms with Crippen LogP contribution in [0, 0.1) is 16.0 Å². The summed E-state index contributed by atoms with van der Waals surface area (Å²) in [6, 6.07) is 13.0. The number of hydrogen-bond acceptors (Lipinski definition) is 3. The van der Waals surface area contributed by atoms with Crippen molar-refractivity contribution in [3.63, 3.8) is 0 Å². The second kappa shape index (κ2) is 7.16. The summed E-state index contributed by atoms with van der Waals surface area (Å²) in [5.41, 5.74) is 0.869. The smallest absolute Gasteiger partial charge is 0.217 e. The standard InChI is InChI=1S/C18H21NO3/c1-3-6-17(12-20)18(13(2)19(21)22)16-10-9-14-7-4-5-8-15(14)11-16/h4-5,7-13,17-18H,3,6H2,1-2H3/t13-,17+,18-/m1/s1. The molecule has 0 N–H and O–H groups in total. The predicted octanol–water partition coefficient (Wildman–Crippen LogP) is 4.20. The fourth-order valence-corrected chi connectivity index (χ4v) is 3.10. The summed E-state index contributed by atoms with van der Waals surface area (Å²) in [6.45, 7) is 3.58. The van der Waals surface area contributed by atoms with E-state index < -0.39 is 12.0 Å². The zero-order valence-corrected chi connectivity index (χ0v) is 12.9. The summed E-state index contributed by atoms with van der Waals surface area (Å²) in [6.07, 6.45) is 2.38. The van der Waals surface area contributed by atoms with Crippen molar-refractivity contribution in [1.29, 1.82) is 0 Å². The summed E-state index contributed by atoms with van der Waals surface area (Å²) in [5, 5.41) is 13.4. The molecular weight excluding hydrogens is 278 g/mol. The highest BCUT2D eigenvalue weighted by atomic mass is 16.6. The second-order valence-electron chi connectivity index (χ2n) is 5.75. The Bertz CT molecular complexity index is 668. The SMILES string of the molecule is CCC[C@@H](C=O)[C@@H](c1ccc2ccccc2c1)[C@@H](C)[N+](=O)[O-]. The monoisotopic (exact) mass is 299 g/mol. The zero-order chi connectivity index (χ0) is 16.1. The van der Waals surface area contributed by atoms with E-state index in [9.17, 15) is 14.9 Å². The van der Waals surface area contributed by atoms with Crippen LogP contribution >= 0.6 is 0 Å². The van der Waals surface area contributed by atoms with Crippen molar-refractivity contribution < 1.29 is 9.72 Å².